The molecule has 0 spiro atoms. The summed E-state index contributed by atoms with van der Waals surface area (Å²) in [5.41, 5.74) is 3.07. The molecule has 0 fully saturated rings. The van der Waals surface area contributed by atoms with Crippen LogP contribution in [-0.2, 0) is 4.79 Å². The van der Waals surface area contributed by atoms with Gasteiger partial charge in [-0.3, -0.25) is 4.79 Å². The van der Waals surface area contributed by atoms with Crippen LogP contribution in [-0.4, -0.2) is 26.8 Å². The molecule has 6 heteroatoms. The Morgan fingerprint density at radius 1 is 1.08 bits per heavy atom. The van der Waals surface area contributed by atoms with Crippen molar-refractivity contribution in [2.75, 3.05) is 0 Å². The van der Waals surface area contributed by atoms with E-state index in [1.165, 1.54) is 6.33 Å². The van der Waals surface area contributed by atoms with E-state index in [-0.39, 0.29) is 11.9 Å². The van der Waals surface area contributed by atoms with Crippen LogP contribution in [0.4, 0.5) is 0 Å². The lowest BCUT2D eigenvalue weighted by molar-refractivity contribution is -0.127. The molecule has 3 rings (SSSR count). The van der Waals surface area contributed by atoms with Gasteiger partial charge in [-0.1, -0.05) is 29.8 Å². The van der Waals surface area contributed by atoms with E-state index in [9.17, 15) is 4.79 Å². The maximum absolute atomic E-state index is 12.4. The smallest absolute Gasteiger partial charge is 0.261 e. The van der Waals surface area contributed by atoms with E-state index in [1.54, 1.807) is 17.9 Å². The third-order valence-corrected chi connectivity index (χ3v) is 4.14. The van der Waals surface area contributed by atoms with Crippen LogP contribution in [0.3, 0.4) is 0 Å². The van der Waals surface area contributed by atoms with Crippen molar-refractivity contribution in [3.8, 4) is 11.4 Å². The second-order valence-corrected chi connectivity index (χ2v) is 6.23. The Kier molecular flexibility index (Phi) is 5.31. The van der Waals surface area contributed by atoms with Crippen LogP contribution in [0.25, 0.3) is 5.69 Å². The SMILES string of the molecule is Cc1ccc(O[C@H](C)C(=O)N[C@@H](C)c2ccc(-n3cncn3)cc2)cc1. The van der Waals surface area contributed by atoms with Crippen LogP contribution in [0.5, 0.6) is 5.75 Å². The molecule has 134 valence electrons. The van der Waals surface area contributed by atoms with Crippen LogP contribution >= 0.6 is 0 Å². The minimum Gasteiger partial charge on any atom is -0.481 e. The summed E-state index contributed by atoms with van der Waals surface area (Å²) in [5, 5.41) is 7.08. The monoisotopic (exact) mass is 350 g/mol. The topological polar surface area (TPSA) is 69.0 Å². The van der Waals surface area contributed by atoms with E-state index in [1.807, 2.05) is 62.4 Å². The van der Waals surface area contributed by atoms with E-state index in [4.69, 9.17) is 4.74 Å². The van der Waals surface area contributed by atoms with Crippen molar-refractivity contribution < 1.29 is 9.53 Å². The van der Waals surface area contributed by atoms with E-state index >= 15 is 0 Å². The predicted molar refractivity (Wildman–Crippen MR) is 99.2 cm³/mol. The average Bonchev–Trinajstić information content (AvgIpc) is 3.18. The fraction of sp³-hybridized carbons (Fsp3) is 0.250. The summed E-state index contributed by atoms with van der Waals surface area (Å²) in [6.07, 6.45) is 2.56. The predicted octanol–water partition coefficient (Wildman–Crippen LogP) is 3.22. The molecule has 0 saturated carbocycles. The fourth-order valence-corrected chi connectivity index (χ4v) is 2.55. The molecule has 26 heavy (non-hydrogen) atoms. The molecule has 1 amide bonds. The van der Waals surface area contributed by atoms with Crippen molar-refractivity contribution in [1.29, 1.82) is 0 Å². The van der Waals surface area contributed by atoms with Crippen molar-refractivity contribution in [2.45, 2.75) is 32.9 Å². The number of carbonyl (C=O) groups excluding carboxylic acids is 1. The van der Waals surface area contributed by atoms with E-state index in [0.29, 0.717) is 5.75 Å². The molecule has 1 N–H and O–H groups in total. The lowest BCUT2D eigenvalue weighted by atomic mass is 10.1. The minimum atomic E-state index is -0.574. The average molecular weight is 350 g/mol. The Hall–Kier alpha value is -3.15. The molecule has 0 aliphatic heterocycles. The van der Waals surface area contributed by atoms with Gasteiger partial charge in [-0.25, -0.2) is 9.67 Å². The second kappa shape index (κ2) is 7.82. The molecule has 2 aromatic carbocycles. The Balaban J connectivity index is 1.58. The molecule has 0 saturated heterocycles. The van der Waals surface area contributed by atoms with E-state index in [2.05, 4.69) is 15.4 Å². The van der Waals surface area contributed by atoms with Crippen molar-refractivity contribution in [1.82, 2.24) is 20.1 Å². The number of benzene rings is 2. The van der Waals surface area contributed by atoms with Crippen molar-refractivity contribution >= 4 is 5.91 Å². The van der Waals surface area contributed by atoms with Crippen LogP contribution in [0.15, 0.2) is 61.2 Å². The molecule has 0 radical (unpaired) electrons. The van der Waals surface area contributed by atoms with Gasteiger partial charge in [-0.2, -0.15) is 5.10 Å². The summed E-state index contributed by atoms with van der Waals surface area (Å²) in [6, 6.07) is 15.3. The maximum atomic E-state index is 12.4. The fourth-order valence-electron chi connectivity index (χ4n) is 2.55. The van der Waals surface area contributed by atoms with Crippen LogP contribution in [0, 0.1) is 6.92 Å². The van der Waals surface area contributed by atoms with Gasteiger partial charge in [0.25, 0.3) is 5.91 Å². The van der Waals surface area contributed by atoms with Gasteiger partial charge in [0, 0.05) is 0 Å². The first kappa shape index (κ1) is 17.7. The highest BCUT2D eigenvalue weighted by molar-refractivity contribution is 5.81. The van der Waals surface area contributed by atoms with Crippen molar-refractivity contribution in [3.05, 3.63) is 72.3 Å². The van der Waals surface area contributed by atoms with Crippen molar-refractivity contribution in [2.24, 2.45) is 0 Å². The van der Waals surface area contributed by atoms with Gasteiger partial charge in [0.15, 0.2) is 6.10 Å². The summed E-state index contributed by atoms with van der Waals surface area (Å²) < 4.78 is 7.39. The summed E-state index contributed by atoms with van der Waals surface area (Å²) in [4.78, 5) is 16.3. The van der Waals surface area contributed by atoms with E-state index < -0.39 is 6.10 Å². The summed E-state index contributed by atoms with van der Waals surface area (Å²) in [7, 11) is 0. The zero-order chi connectivity index (χ0) is 18.5. The zero-order valence-electron chi connectivity index (χ0n) is 15.1. The molecule has 0 bridgehead atoms. The number of hydrogen-bond donors (Lipinski definition) is 1. The second-order valence-electron chi connectivity index (χ2n) is 6.23. The first-order valence-electron chi connectivity index (χ1n) is 8.51. The Labute approximate surface area is 152 Å². The lowest BCUT2D eigenvalue weighted by Crippen LogP contribution is -2.37. The lowest BCUT2D eigenvalue weighted by Gasteiger charge is -2.19. The van der Waals surface area contributed by atoms with Gasteiger partial charge in [-0.05, 0) is 50.6 Å². The third kappa shape index (κ3) is 4.27. The van der Waals surface area contributed by atoms with Crippen LogP contribution in [0.2, 0.25) is 0 Å². The molecular formula is C20H22N4O2. The highest BCUT2D eigenvalue weighted by atomic mass is 16.5. The number of hydrogen-bond acceptors (Lipinski definition) is 4. The number of nitrogens with one attached hydrogen (secondary N) is 1. The number of amides is 1. The van der Waals surface area contributed by atoms with Gasteiger partial charge in [0.1, 0.15) is 18.4 Å². The van der Waals surface area contributed by atoms with E-state index in [0.717, 1.165) is 16.8 Å². The molecule has 6 nitrogen and oxygen atoms in total. The molecular weight excluding hydrogens is 328 g/mol. The number of aromatic nitrogens is 3. The first-order chi connectivity index (χ1) is 12.5. The van der Waals surface area contributed by atoms with Crippen LogP contribution in [0.1, 0.15) is 31.0 Å². The highest BCUT2D eigenvalue weighted by Gasteiger charge is 2.17. The molecule has 1 aromatic heterocycles. The number of aryl methyl sites for hydroxylation is 1. The first-order valence-corrected chi connectivity index (χ1v) is 8.51. The normalized spacial score (nSPS) is 13.0. The third-order valence-electron chi connectivity index (χ3n) is 4.14. The quantitative estimate of drug-likeness (QED) is 0.741. The Morgan fingerprint density at radius 2 is 1.77 bits per heavy atom. The molecule has 0 aliphatic carbocycles. The molecule has 3 aromatic rings. The molecule has 0 aliphatic rings. The number of nitrogens with zero attached hydrogens (tertiary/aromatic N) is 3. The van der Waals surface area contributed by atoms with Gasteiger partial charge in [0.05, 0.1) is 11.7 Å². The van der Waals surface area contributed by atoms with Gasteiger partial charge in [0.2, 0.25) is 0 Å². The van der Waals surface area contributed by atoms with Gasteiger partial charge >= 0.3 is 0 Å². The zero-order valence-corrected chi connectivity index (χ0v) is 15.1. The standard InChI is InChI=1S/C20H22N4O2/c1-14-4-10-19(11-5-14)26-16(3)20(25)23-15(2)17-6-8-18(9-7-17)24-13-21-12-22-24/h4-13,15-16H,1-3H3,(H,23,25)/t15-,16+/m0/s1. The molecule has 2 atom stereocenters. The maximum Gasteiger partial charge on any atom is 0.261 e. The molecule has 1 heterocycles. The summed E-state index contributed by atoms with van der Waals surface area (Å²) in [6.45, 7) is 5.70. The van der Waals surface area contributed by atoms with Crippen LogP contribution < -0.4 is 10.1 Å². The number of rotatable bonds is 6. The number of ether oxygens (including phenoxy) is 1. The Morgan fingerprint density at radius 3 is 2.38 bits per heavy atom. The largest absolute Gasteiger partial charge is 0.481 e. The Bertz CT molecular complexity index is 843. The number of carbonyl (C=O) groups is 1. The summed E-state index contributed by atoms with van der Waals surface area (Å²) >= 11 is 0. The summed E-state index contributed by atoms with van der Waals surface area (Å²) in [5.74, 6) is 0.529. The molecule has 0 unspecified atom stereocenters. The minimum absolute atomic E-state index is 0.128. The highest BCUT2D eigenvalue weighted by Crippen LogP contribution is 2.17. The van der Waals surface area contributed by atoms with Crippen molar-refractivity contribution in [3.63, 3.8) is 0 Å². The van der Waals surface area contributed by atoms with Gasteiger partial charge < -0.3 is 10.1 Å². The van der Waals surface area contributed by atoms with Gasteiger partial charge in [-0.15, -0.1) is 0 Å².